The van der Waals surface area contributed by atoms with Gasteiger partial charge in [0.1, 0.15) is 5.82 Å². The molecule has 0 saturated carbocycles. The predicted octanol–water partition coefficient (Wildman–Crippen LogP) is 2.62. The number of aromatic nitrogens is 4. The predicted molar refractivity (Wildman–Crippen MR) is 68.1 cm³/mol. The number of hydrogen-bond acceptors (Lipinski definition) is 6. The molecule has 2 rings (SSSR count). The summed E-state index contributed by atoms with van der Waals surface area (Å²) in [5.41, 5.74) is 0.897. The van der Waals surface area contributed by atoms with Crippen LogP contribution in [0.15, 0.2) is 18.6 Å². The zero-order valence-electron chi connectivity index (χ0n) is 10.1. The van der Waals surface area contributed by atoms with Gasteiger partial charge < -0.3 is 5.32 Å². The van der Waals surface area contributed by atoms with Crippen LogP contribution in [0.1, 0.15) is 44.2 Å². The summed E-state index contributed by atoms with van der Waals surface area (Å²) in [5, 5.41) is 4.10. The van der Waals surface area contributed by atoms with Crippen LogP contribution in [0.25, 0.3) is 0 Å². The minimum Gasteiger partial charge on any atom is -0.352 e. The van der Waals surface area contributed by atoms with Crippen molar-refractivity contribution in [3.05, 3.63) is 30.1 Å². The van der Waals surface area contributed by atoms with E-state index in [1.54, 1.807) is 18.6 Å². The van der Waals surface area contributed by atoms with Crippen molar-refractivity contribution in [1.29, 1.82) is 0 Å². The van der Waals surface area contributed by atoms with Crippen molar-refractivity contribution in [3.63, 3.8) is 0 Å². The van der Waals surface area contributed by atoms with E-state index in [0.717, 1.165) is 16.6 Å². The van der Waals surface area contributed by atoms with Crippen LogP contribution in [0.2, 0.25) is 0 Å². The van der Waals surface area contributed by atoms with E-state index in [1.165, 1.54) is 11.5 Å². The van der Waals surface area contributed by atoms with Gasteiger partial charge in [0.15, 0.2) is 0 Å². The minimum absolute atomic E-state index is 0.0802. The topological polar surface area (TPSA) is 63.6 Å². The van der Waals surface area contributed by atoms with Gasteiger partial charge in [-0.25, -0.2) is 4.98 Å². The number of anilines is 1. The minimum atomic E-state index is 0.0802. The van der Waals surface area contributed by atoms with Crippen molar-refractivity contribution < 1.29 is 0 Å². The summed E-state index contributed by atoms with van der Waals surface area (Å²) in [6.07, 6.45) is 5.10. The highest BCUT2D eigenvalue weighted by Gasteiger charge is 2.11. The third-order valence-electron chi connectivity index (χ3n) is 2.32. The van der Waals surface area contributed by atoms with Crippen LogP contribution in [-0.4, -0.2) is 19.3 Å². The first-order valence-corrected chi connectivity index (χ1v) is 6.30. The molecule has 0 aliphatic carbocycles. The Hall–Kier alpha value is -1.56. The van der Waals surface area contributed by atoms with Crippen molar-refractivity contribution in [2.75, 3.05) is 5.32 Å². The summed E-state index contributed by atoms with van der Waals surface area (Å²) in [5.74, 6) is 1.23. The van der Waals surface area contributed by atoms with Gasteiger partial charge in [-0.05, 0) is 6.92 Å². The van der Waals surface area contributed by atoms with E-state index in [9.17, 15) is 0 Å². The van der Waals surface area contributed by atoms with Crippen LogP contribution >= 0.6 is 11.5 Å². The number of hydrogen-bond donors (Lipinski definition) is 1. The van der Waals surface area contributed by atoms with Crippen molar-refractivity contribution in [2.24, 2.45) is 0 Å². The summed E-state index contributed by atoms with van der Waals surface area (Å²) in [6, 6.07) is 0.0802. The van der Waals surface area contributed by atoms with Crippen LogP contribution in [0.5, 0.6) is 0 Å². The second kappa shape index (κ2) is 5.18. The lowest BCUT2D eigenvalue weighted by atomic mass is 10.2. The molecule has 90 valence electrons. The fraction of sp³-hybridized carbons (Fsp3) is 0.455. The quantitative estimate of drug-likeness (QED) is 0.902. The number of nitrogens with zero attached hydrogens (tertiary/aromatic N) is 4. The van der Waals surface area contributed by atoms with Gasteiger partial charge >= 0.3 is 0 Å². The highest BCUT2D eigenvalue weighted by Crippen LogP contribution is 2.21. The first kappa shape index (κ1) is 11.9. The molecule has 0 aliphatic heterocycles. The molecule has 0 amide bonds. The van der Waals surface area contributed by atoms with Crippen LogP contribution in [0, 0.1) is 0 Å². The second-order valence-corrected chi connectivity index (χ2v) is 4.86. The average Bonchev–Trinajstić information content (AvgIpc) is 2.79. The Kier molecular flexibility index (Phi) is 3.63. The van der Waals surface area contributed by atoms with E-state index in [0.29, 0.717) is 5.92 Å². The number of nitrogens with one attached hydrogen (secondary N) is 1. The maximum absolute atomic E-state index is 4.42. The molecule has 2 heterocycles. The summed E-state index contributed by atoms with van der Waals surface area (Å²) in [6.45, 7) is 6.19. The summed E-state index contributed by atoms with van der Waals surface area (Å²) < 4.78 is 4.29. The summed E-state index contributed by atoms with van der Waals surface area (Å²) in [7, 11) is 0. The fourth-order valence-electron chi connectivity index (χ4n) is 1.32. The zero-order chi connectivity index (χ0) is 12.3. The lowest BCUT2D eigenvalue weighted by Gasteiger charge is -2.10. The maximum atomic E-state index is 4.42. The highest BCUT2D eigenvalue weighted by molar-refractivity contribution is 7.09. The Morgan fingerprint density at radius 3 is 2.65 bits per heavy atom. The molecule has 0 aliphatic rings. The third kappa shape index (κ3) is 2.97. The molecule has 17 heavy (non-hydrogen) atoms. The highest BCUT2D eigenvalue weighted by atomic mass is 32.1. The molecule has 0 radical (unpaired) electrons. The Labute approximate surface area is 105 Å². The van der Waals surface area contributed by atoms with E-state index in [1.807, 2.05) is 6.92 Å². The van der Waals surface area contributed by atoms with E-state index in [2.05, 4.69) is 38.5 Å². The van der Waals surface area contributed by atoms with Gasteiger partial charge in [0.25, 0.3) is 0 Å². The van der Waals surface area contributed by atoms with Gasteiger partial charge in [-0.1, -0.05) is 13.8 Å². The molecule has 0 saturated heterocycles. The molecule has 1 atom stereocenters. The van der Waals surface area contributed by atoms with E-state index < -0.39 is 0 Å². The zero-order valence-corrected chi connectivity index (χ0v) is 10.9. The van der Waals surface area contributed by atoms with Gasteiger partial charge in [0, 0.05) is 29.8 Å². The standard InChI is InChI=1S/C11H15N5S/c1-7(2)10-15-11(17-16-10)14-8(3)9-6-12-4-5-13-9/h4-8H,1-3H3,(H,14,15,16). The normalized spacial score (nSPS) is 12.7. The molecule has 5 nitrogen and oxygen atoms in total. The molecule has 6 heteroatoms. The lowest BCUT2D eigenvalue weighted by Crippen LogP contribution is -2.08. The van der Waals surface area contributed by atoms with Crippen molar-refractivity contribution >= 4 is 16.7 Å². The van der Waals surface area contributed by atoms with E-state index in [4.69, 9.17) is 0 Å². The first-order chi connectivity index (χ1) is 8.16. The first-order valence-electron chi connectivity index (χ1n) is 5.53. The average molecular weight is 249 g/mol. The van der Waals surface area contributed by atoms with Crippen LogP contribution in [0.4, 0.5) is 5.13 Å². The van der Waals surface area contributed by atoms with Crippen molar-refractivity contribution in [3.8, 4) is 0 Å². The Balaban J connectivity index is 2.05. The SMILES string of the molecule is CC(C)c1nsc(NC(C)c2cnccn2)n1. The molecule has 2 aromatic heterocycles. The third-order valence-corrected chi connectivity index (χ3v) is 2.99. The molecule has 0 bridgehead atoms. The number of rotatable bonds is 4. The molecule has 1 N–H and O–H groups in total. The Morgan fingerprint density at radius 1 is 1.24 bits per heavy atom. The van der Waals surface area contributed by atoms with Gasteiger partial charge in [0.2, 0.25) is 5.13 Å². The lowest BCUT2D eigenvalue weighted by molar-refractivity contribution is 0.789. The summed E-state index contributed by atoms with van der Waals surface area (Å²) >= 11 is 1.38. The molecule has 0 fully saturated rings. The molecule has 1 unspecified atom stereocenters. The van der Waals surface area contributed by atoms with Crippen molar-refractivity contribution in [1.82, 2.24) is 19.3 Å². The van der Waals surface area contributed by atoms with E-state index >= 15 is 0 Å². The van der Waals surface area contributed by atoms with Crippen LogP contribution in [0.3, 0.4) is 0 Å². The molecule has 0 aromatic carbocycles. The Morgan fingerprint density at radius 2 is 2.06 bits per heavy atom. The van der Waals surface area contributed by atoms with Crippen LogP contribution in [-0.2, 0) is 0 Å². The fourth-order valence-corrected chi connectivity index (χ4v) is 2.12. The molecule has 2 aromatic rings. The van der Waals surface area contributed by atoms with Gasteiger partial charge in [-0.15, -0.1) is 0 Å². The van der Waals surface area contributed by atoms with Crippen molar-refractivity contribution in [2.45, 2.75) is 32.7 Å². The molecular formula is C11H15N5S. The Bertz CT molecular complexity index is 468. The summed E-state index contributed by atoms with van der Waals surface area (Å²) in [4.78, 5) is 12.7. The molecule has 0 spiro atoms. The largest absolute Gasteiger partial charge is 0.352 e. The van der Waals surface area contributed by atoms with Gasteiger partial charge in [0.05, 0.1) is 17.9 Å². The smallest absolute Gasteiger partial charge is 0.203 e. The van der Waals surface area contributed by atoms with Gasteiger partial charge in [-0.3, -0.25) is 9.97 Å². The van der Waals surface area contributed by atoms with Gasteiger partial charge in [-0.2, -0.15) is 4.37 Å². The maximum Gasteiger partial charge on any atom is 0.203 e. The van der Waals surface area contributed by atoms with Crippen LogP contribution < -0.4 is 5.32 Å². The van der Waals surface area contributed by atoms with E-state index in [-0.39, 0.29) is 6.04 Å². The molecular weight excluding hydrogens is 234 g/mol. The monoisotopic (exact) mass is 249 g/mol. The second-order valence-electron chi connectivity index (χ2n) is 4.11.